The zero-order valence-corrected chi connectivity index (χ0v) is 8.57. The lowest BCUT2D eigenvalue weighted by atomic mass is 9.88. The molecule has 2 unspecified atom stereocenters. The third-order valence-electron chi connectivity index (χ3n) is 3.07. The molecule has 0 aromatic heterocycles. The Balaban J connectivity index is 2.19. The third kappa shape index (κ3) is 1.68. The fourth-order valence-corrected chi connectivity index (χ4v) is 2.06. The predicted molar refractivity (Wildman–Crippen MR) is 57.0 cm³/mol. The minimum atomic E-state index is -0.165. The summed E-state index contributed by atoms with van der Waals surface area (Å²) in [6.07, 6.45) is 2.18. The quantitative estimate of drug-likeness (QED) is 0.778. The topological polar surface area (TPSA) is 35.2 Å². The third-order valence-corrected chi connectivity index (χ3v) is 3.07. The number of hydrogen-bond acceptors (Lipinski definition) is 2. The lowest BCUT2D eigenvalue weighted by molar-refractivity contribution is -0.00173. The van der Waals surface area contributed by atoms with E-state index in [2.05, 4.69) is 19.1 Å². The van der Waals surface area contributed by atoms with Crippen LogP contribution < -0.4 is 5.73 Å². The van der Waals surface area contributed by atoms with Gasteiger partial charge in [-0.1, -0.05) is 30.3 Å². The fourth-order valence-electron chi connectivity index (χ4n) is 2.06. The highest BCUT2D eigenvalue weighted by atomic mass is 16.5. The van der Waals surface area contributed by atoms with Gasteiger partial charge in [-0.2, -0.15) is 0 Å². The summed E-state index contributed by atoms with van der Waals surface area (Å²) in [5.74, 6) is 0. The van der Waals surface area contributed by atoms with Gasteiger partial charge in [-0.3, -0.25) is 0 Å². The minimum absolute atomic E-state index is 0.00815. The molecule has 2 nitrogen and oxygen atoms in total. The van der Waals surface area contributed by atoms with Gasteiger partial charge in [0, 0.05) is 6.61 Å². The minimum Gasteiger partial charge on any atom is -0.373 e. The van der Waals surface area contributed by atoms with Gasteiger partial charge in [-0.15, -0.1) is 0 Å². The maximum absolute atomic E-state index is 6.21. The molecule has 1 fully saturated rings. The number of nitrogens with two attached hydrogens (primary N) is 1. The average molecular weight is 191 g/mol. The molecule has 2 rings (SSSR count). The summed E-state index contributed by atoms with van der Waals surface area (Å²) in [5.41, 5.74) is 7.21. The van der Waals surface area contributed by atoms with Crippen LogP contribution in [0.4, 0.5) is 0 Å². The Kier molecular flexibility index (Phi) is 2.57. The van der Waals surface area contributed by atoms with E-state index in [-0.39, 0.29) is 11.6 Å². The number of hydrogen-bond donors (Lipinski definition) is 1. The van der Waals surface area contributed by atoms with Crippen LogP contribution in [-0.4, -0.2) is 12.2 Å². The van der Waals surface area contributed by atoms with Gasteiger partial charge >= 0.3 is 0 Å². The number of rotatable bonds is 2. The molecular formula is C12H17NO. The highest BCUT2D eigenvalue weighted by molar-refractivity contribution is 5.21. The monoisotopic (exact) mass is 191 g/mol. The molecule has 2 heteroatoms. The Morgan fingerprint density at radius 1 is 1.36 bits per heavy atom. The van der Waals surface area contributed by atoms with Crippen molar-refractivity contribution in [3.63, 3.8) is 0 Å². The molecule has 2 N–H and O–H groups in total. The lowest BCUT2D eigenvalue weighted by Crippen LogP contribution is -2.37. The van der Waals surface area contributed by atoms with Gasteiger partial charge in [0.05, 0.1) is 11.6 Å². The summed E-state index contributed by atoms with van der Waals surface area (Å²) < 4.78 is 5.73. The zero-order chi connectivity index (χ0) is 10.0. The van der Waals surface area contributed by atoms with E-state index in [9.17, 15) is 0 Å². The Labute approximate surface area is 85.1 Å². The largest absolute Gasteiger partial charge is 0.373 e. The summed E-state index contributed by atoms with van der Waals surface area (Å²) in [4.78, 5) is 0. The second-order valence-electron chi connectivity index (χ2n) is 4.15. The molecule has 1 aromatic rings. The highest BCUT2D eigenvalue weighted by Crippen LogP contribution is 2.35. The Morgan fingerprint density at radius 2 is 2.07 bits per heavy atom. The fraction of sp³-hybridized carbons (Fsp3) is 0.500. The van der Waals surface area contributed by atoms with Crippen LogP contribution in [0.5, 0.6) is 0 Å². The molecule has 1 aliphatic rings. The molecule has 0 bridgehead atoms. The van der Waals surface area contributed by atoms with Crippen LogP contribution in [0, 0.1) is 0 Å². The van der Waals surface area contributed by atoms with E-state index in [1.54, 1.807) is 0 Å². The van der Waals surface area contributed by atoms with Crippen LogP contribution in [0.1, 0.15) is 31.4 Å². The van der Waals surface area contributed by atoms with Crippen molar-refractivity contribution in [3.05, 3.63) is 35.9 Å². The van der Waals surface area contributed by atoms with Gasteiger partial charge in [0.1, 0.15) is 0 Å². The lowest BCUT2D eigenvalue weighted by Gasteiger charge is -2.30. The maximum atomic E-state index is 6.21. The van der Waals surface area contributed by atoms with Gasteiger partial charge in [-0.05, 0) is 25.3 Å². The molecule has 1 heterocycles. The van der Waals surface area contributed by atoms with Crippen molar-refractivity contribution in [1.82, 2.24) is 0 Å². The predicted octanol–water partition coefficient (Wildman–Crippen LogP) is 2.26. The summed E-state index contributed by atoms with van der Waals surface area (Å²) in [6.45, 7) is 2.95. The molecule has 1 aliphatic heterocycles. The first-order chi connectivity index (χ1) is 6.72. The van der Waals surface area contributed by atoms with Crippen molar-refractivity contribution in [2.45, 2.75) is 31.4 Å². The molecular weight excluding hydrogens is 174 g/mol. The van der Waals surface area contributed by atoms with Gasteiger partial charge in [0.25, 0.3) is 0 Å². The van der Waals surface area contributed by atoms with Gasteiger partial charge in [0.2, 0.25) is 0 Å². The van der Waals surface area contributed by atoms with Crippen molar-refractivity contribution in [2.24, 2.45) is 5.73 Å². The summed E-state index contributed by atoms with van der Waals surface area (Å²) in [7, 11) is 0. The summed E-state index contributed by atoms with van der Waals surface area (Å²) in [6, 6.07) is 10.2. The number of ether oxygens (including phenoxy) is 1. The molecule has 76 valence electrons. The molecule has 14 heavy (non-hydrogen) atoms. The first kappa shape index (κ1) is 9.69. The van der Waals surface area contributed by atoms with E-state index in [0.717, 1.165) is 25.0 Å². The normalized spacial score (nSPS) is 29.0. The van der Waals surface area contributed by atoms with E-state index >= 15 is 0 Å². The molecule has 1 aromatic carbocycles. The Morgan fingerprint density at radius 3 is 2.64 bits per heavy atom. The molecule has 0 saturated carbocycles. The maximum Gasteiger partial charge on any atom is 0.0847 e. The highest BCUT2D eigenvalue weighted by Gasteiger charge is 2.36. The van der Waals surface area contributed by atoms with E-state index in [1.807, 2.05) is 18.2 Å². The number of benzene rings is 1. The zero-order valence-electron chi connectivity index (χ0n) is 8.57. The van der Waals surface area contributed by atoms with Crippen molar-refractivity contribution < 1.29 is 4.74 Å². The first-order valence-corrected chi connectivity index (χ1v) is 5.17. The Hall–Kier alpha value is -0.860. The van der Waals surface area contributed by atoms with Crippen molar-refractivity contribution in [2.75, 3.05) is 6.61 Å². The van der Waals surface area contributed by atoms with E-state index in [4.69, 9.17) is 10.5 Å². The average Bonchev–Trinajstić information content (AvgIpc) is 2.67. The van der Waals surface area contributed by atoms with Crippen molar-refractivity contribution >= 4 is 0 Å². The summed E-state index contributed by atoms with van der Waals surface area (Å²) >= 11 is 0. The molecule has 1 saturated heterocycles. The second kappa shape index (κ2) is 3.71. The molecule has 0 spiro atoms. The van der Waals surface area contributed by atoms with Crippen molar-refractivity contribution in [3.8, 4) is 0 Å². The van der Waals surface area contributed by atoms with Gasteiger partial charge in [0.15, 0.2) is 0 Å². The van der Waals surface area contributed by atoms with Gasteiger partial charge < -0.3 is 10.5 Å². The molecule has 0 aliphatic carbocycles. The van der Waals surface area contributed by atoms with Crippen LogP contribution in [0.3, 0.4) is 0 Å². The van der Waals surface area contributed by atoms with Crippen molar-refractivity contribution in [1.29, 1.82) is 0 Å². The van der Waals surface area contributed by atoms with Crippen LogP contribution in [0.25, 0.3) is 0 Å². The van der Waals surface area contributed by atoms with Crippen LogP contribution >= 0.6 is 0 Å². The molecule has 2 atom stereocenters. The van der Waals surface area contributed by atoms with E-state index in [1.165, 1.54) is 0 Å². The Bertz CT molecular complexity index is 290. The van der Waals surface area contributed by atoms with Gasteiger partial charge in [-0.25, -0.2) is 0 Å². The molecule has 0 radical (unpaired) electrons. The SMILES string of the molecule is CC1(C(N)c2ccccc2)CCCO1. The van der Waals surface area contributed by atoms with Crippen LogP contribution in [-0.2, 0) is 4.74 Å². The van der Waals surface area contributed by atoms with Crippen LogP contribution in [0.15, 0.2) is 30.3 Å². The van der Waals surface area contributed by atoms with E-state index < -0.39 is 0 Å². The van der Waals surface area contributed by atoms with E-state index in [0.29, 0.717) is 0 Å². The smallest absolute Gasteiger partial charge is 0.0847 e. The first-order valence-electron chi connectivity index (χ1n) is 5.17. The van der Waals surface area contributed by atoms with Crippen LogP contribution in [0.2, 0.25) is 0 Å². The summed E-state index contributed by atoms with van der Waals surface area (Å²) in [5, 5.41) is 0. The standard InChI is InChI=1S/C12H17NO/c1-12(8-5-9-14-12)11(13)10-6-3-2-4-7-10/h2-4,6-7,11H,5,8-9,13H2,1H3. The molecule has 0 amide bonds. The second-order valence-corrected chi connectivity index (χ2v) is 4.15.